The van der Waals surface area contributed by atoms with Crippen molar-refractivity contribution in [2.45, 2.75) is 5.33 Å². The molecule has 0 saturated heterocycles. The summed E-state index contributed by atoms with van der Waals surface area (Å²) in [7, 11) is 0. The van der Waals surface area contributed by atoms with Gasteiger partial charge in [0.2, 0.25) is 0 Å². The van der Waals surface area contributed by atoms with Crippen LogP contribution in [0.25, 0.3) is 0 Å². The SMILES string of the molecule is O=C(O)c1cc(CBr)cc(O)c1O. The molecule has 0 aliphatic rings. The van der Waals surface area contributed by atoms with Crippen LogP contribution in [0.3, 0.4) is 0 Å². The minimum absolute atomic E-state index is 0.297. The van der Waals surface area contributed by atoms with E-state index in [1.54, 1.807) is 0 Å². The van der Waals surface area contributed by atoms with Gasteiger partial charge in [0.05, 0.1) is 0 Å². The summed E-state index contributed by atoms with van der Waals surface area (Å²) in [6.45, 7) is 0. The molecule has 1 rings (SSSR count). The maximum Gasteiger partial charge on any atom is 0.339 e. The molecule has 0 aliphatic heterocycles. The average molecular weight is 247 g/mol. The Morgan fingerprint density at radius 1 is 1.38 bits per heavy atom. The monoisotopic (exact) mass is 246 g/mol. The number of carboxylic acids is 1. The zero-order chi connectivity index (χ0) is 10.0. The van der Waals surface area contributed by atoms with Gasteiger partial charge in [-0.2, -0.15) is 0 Å². The van der Waals surface area contributed by atoms with Crippen LogP contribution >= 0.6 is 15.9 Å². The van der Waals surface area contributed by atoms with Crippen LogP contribution in [-0.4, -0.2) is 21.3 Å². The Morgan fingerprint density at radius 3 is 2.46 bits per heavy atom. The molecule has 0 saturated carbocycles. The lowest BCUT2D eigenvalue weighted by molar-refractivity contribution is 0.0693. The van der Waals surface area contributed by atoms with Crippen LogP contribution in [0.4, 0.5) is 0 Å². The van der Waals surface area contributed by atoms with E-state index >= 15 is 0 Å². The molecule has 0 radical (unpaired) electrons. The van der Waals surface area contributed by atoms with Gasteiger partial charge in [-0.15, -0.1) is 0 Å². The summed E-state index contributed by atoms with van der Waals surface area (Å²) in [5.74, 6) is -2.29. The fourth-order valence-corrected chi connectivity index (χ4v) is 1.24. The van der Waals surface area contributed by atoms with E-state index in [0.717, 1.165) is 0 Å². The Balaban J connectivity index is 3.33. The van der Waals surface area contributed by atoms with Crippen LogP contribution in [0.15, 0.2) is 12.1 Å². The largest absolute Gasteiger partial charge is 0.504 e. The Labute approximate surface area is 82.6 Å². The first-order valence-electron chi connectivity index (χ1n) is 3.40. The van der Waals surface area contributed by atoms with Gasteiger partial charge in [0.25, 0.3) is 0 Å². The van der Waals surface area contributed by atoms with Gasteiger partial charge in [0, 0.05) is 5.33 Å². The zero-order valence-electron chi connectivity index (χ0n) is 6.49. The third-order valence-corrected chi connectivity index (χ3v) is 2.18. The highest BCUT2D eigenvalue weighted by molar-refractivity contribution is 9.08. The zero-order valence-corrected chi connectivity index (χ0v) is 8.08. The quantitative estimate of drug-likeness (QED) is 0.549. The molecule has 3 N–H and O–H groups in total. The van der Waals surface area contributed by atoms with E-state index < -0.39 is 17.5 Å². The number of halogens is 1. The first-order valence-corrected chi connectivity index (χ1v) is 4.52. The minimum Gasteiger partial charge on any atom is -0.504 e. The van der Waals surface area contributed by atoms with E-state index in [1.807, 2.05) is 0 Å². The lowest BCUT2D eigenvalue weighted by Crippen LogP contribution is -1.97. The molecule has 5 heteroatoms. The molecule has 1 aromatic rings. The van der Waals surface area contributed by atoms with Gasteiger partial charge in [-0.3, -0.25) is 0 Å². The number of aromatic carboxylic acids is 1. The summed E-state index contributed by atoms with van der Waals surface area (Å²) in [5.41, 5.74) is 0.294. The topological polar surface area (TPSA) is 77.8 Å². The molecule has 0 amide bonds. The van der Waals surface area contributed by atoms with E-state index in [4.69, 9.17) is 15.3 Å². The molecular formula is C8H7BrO4. The van der Waals surface area contributed by atoms with Crippen LogP contribution in [0, 0.1) is 0 Å². The van der Waals surface area contributed by atoms with Gasteiger partial charge in [0.1, 0.15) is 5.56 Å². The number of phenolic OH excluding ortho intramolecular Hbond substituents is 1. The maximum absolute atomic E-state index is 10.6. The lowest BCUT2D eigenvalue weighted by atomic mass is 10.1. The number of benzene rings is 1. The van der Waals surface area contributed by atoms with Gasteiger partial charge in [-0.1, -0.05) is 15.9 Å². The van der Waals surface area contributed by atoms with Gasteiger partial charge < -0.3 is 15.3 Å². The van der Waals surface area contributed by atoms with Crippen molar-refractivity contribution in [2.75, 3.05) is 0 Å². The molecular weight excluding hydrogens is 240 g/mol. The van der Waals surface area contributed by atoms with E-state index in [2.05, 4.69) is 15.9 Å². The first kappa shape index (κ1) is 9.85. The van der Waals surface area contributed by atoms with E-state index in [1.165, 1.54) is 12.1 Å². The number of carboxylic acid groups (broad SMARTS) is 1. The number of hydrogen-bond donors (Lipinski definition) is 3. The Kier molecular flexibility index (Phi) is 2.77. The number of phenols is 2. The molecule has 0 aliphatic carbocycles. The van der Waals surface area contributed by atoms with Crippen molar-refractivity contribution < 1.29 is 20.1 Å². The van der Waals surface area contributed by atoms with Crippen molar-refractivity contribution >= 4 is 21.9 Å². The number of rotatable bonds is 2. The predicted octanol–water partition coefficient (Wildman–Crippen LogP) is 1.69. The molecule has 0 aromatic heterocycles. The highest BCUT2D eigenvalue weighted by atomic mass is 79.9. The third-order valence-electron chi connectivity index (χ3n) is 1.53. The van der Waals surface area contributed by atoms with E-state index in [-0.39, 0.29) is 5.56 Å². The number of carbonyl (C=O) groups is 1. The summed E-state index contributed by atoms with van der Waals surface area (Å²) in [6, 6.07) is 2.60. The average Bonchev–Trinajstić information content (AvgIpc) is 2.09. The summed E-state index contributed by atoms with van der Waals surface area (Å²) >= 11 is 3.11. The van der Waals surface area contributed by atoms with Crippen molar-refractivity contribution in [3.63, 3.8) is 0 Å². The molecule has 0 bridgehead atoms. The summed E-state index contributed by atoms with van der Waals surface area (Å²) in [5, 5.41) is 27.3. The van der Waals surface area contributed by atoms with Crippen LogP contribution < -0.4 is 0 Å². The molecule has 0 heterocycles. The van der Waals surface area contributed by atoms with Crippen LogP contribution in [-0.2, 0) is 5.33 Å². The fourth-order valence-electron chi connectivity index (χ4n) is 0.918. The van der Waals surface area contributed by atoms with Crippen LogP contribution in [0.1, 0.15) is 15.9 Å². The first-order chi connectivity index (χ1) is 6.06. The van der Waals surface area contributed by atoms with Gasteiger partial charge >= 0.3 is 5.97 Å². The van der Waals surface area contributed by atoms with E-state index in [9.17, 15) is 4.79 Å². The molecule has 1 aromatic carbocycles. The number of alkyl halides is 1. The van der Waals surface area contributed by atoms with Crippen molar-refractivity contribution in [1.29, 1.82) is 0 Å². The number of hydrogen-bond acceptors (Lipinski definition) is 3. The Bertz CT molecular complexity index is 348. The molecule has 0 unspecified atom stereocenters. The smallest absolute Gasteiger partial charge is 0.339 e. The summed E-state index contributed by atoms with van der Waals surface area (Å²) < 4.78 is 0. The number of aromatic hydroxyl groups is 2. The molecule has 4 nitrogen and oxygen atoms in total. The molecule has 13 heavy (non-hydrogen) atoms. The molecule has 0 fully saturated rings. The van der Waals surface area contributed by atoms with Crippen molar-refractivity contribution in [1.82, 2.24) is 0 Å². The third kappa shape index (κ3) is 1.92. The summed E-state index contributed by atoms with van der Waals surface area (Å²) in [6.07, 6.45) is 0. The standard InChI is InChI=1S/C8H7BrO4/c9-3-4-1-5(8(12)13)7(11)6(10)2-4/h1-2,10-11H,3H2,(H,12,13). The molecule has 0 spiro atoms. The fraction of sp³-hybridized carbons (Fsp3) is 0.125. The molecule has 70 valence electrons. The van der Waals surface area contributed by atoms with Gasteiger partial charge in [-0.25, -0.2) is 4.79 Å². The van der Waals surface area contributed by atoms with Crippen molar-refractivity contribution in [3.8, 4) is 11.5 Å². The Hall–Kier alpha value is -1.23. The van der Waals surface area contributed by atoms with Gasteiger partial charge in [0.15, 0.2) is 11.5 Å². The van der Waals surface area contributed by atoms with Crippen LogP contribution in [0.2, 0.25) is 0 Å². The second kappa shape index (κ2) is 3.66. The second-order valence-electron chi connectivity index (χ2n) is 2.45. The van der Waals surface area contributed by atoms with Crippen molar-refractivity contribution in [3.05, 3.63) is 23.3 Å². The van der Waals surface area contributed by atoms with Gasteiger partial charge in [-0.05, 0) is 17.7 Å². The summed E-state index contributed by atoms with van der Waals surface area (Å²) in [4.78, 5) is 10.6. The molecule has 0 atom stereocenters. The van der Waals surface area contributed by atoms with Crippen molar-refractivity contribution in [2.24, 2.45) is 0 Å². The highest BCUT2D eigenvalue weighted by Crippen LogP contribution is 2.30. The minimum atomic E-state index is -1.27. The lowest BCUT2D eigenvalue weighted by Gasteiger charge is -2.04. The van der Waals surface area contributed by atoms with Crippen LogP contribution in [0.5, 0.6) is 11.5 Å². The normalized spacial score (nSPS) is 9.92. The maximum atomic E-state index is 10.6. The second-order valence-corrected chi connectivity index (χ2v) is 3.01. The highest BCUT2D eigenvalue weighted by Gasteiger charge is 2.14. The van der Waals surface area contributed by atoms with E-state index in [0.29, 0.717) is 10.9 Å². The Morgan fingerprint density at radius 2 is 2.00 bits per heavy atom. The predicted molar refractivity (Wildman–Crippen MR) is 49.4 cm³/mol.